The minimum Gasteiger partial charge on any atom is -0.391 e. The van der Waals surface area contributed by atoms with Gasteiger partial charge in [0.15, 0.2) is 6.29 Å². The molecule has 0 amide bonds. The molecule has 5 heteroatoms. The van der Waals surface area contributed by atoms with Crippen LogP contribution >= 0.6 is 0 Å². The van der Waals surface area contributed by atoms with Crippen LogP contribution in [0.2, 0.25) is 0 Å². The Balaban J connectivity index is 4.36. The highest BCUT2D eigenvalue weighted by atomic mass is 16.7. The van der Waals surface area contributed by atoms with E-state index in [9.17, 15) is 10.2 Å². The molecule has 0 heterocycles. The Kier molecular flexibility index (Phi) is 9.68. The smallest absolute Gasteiger partial charge is 0.160 e. The van der Waals surface area contributed by atoms with Gasteiger partial charge in [-0.2, -0.15) is 0 Å². The molecule has 2 N–H and O–H groups in total. The first-order valence-corrected chi connectivity index (χ1v) is 6.27. The second-order valence-electron chi connectivity index (χ2n) is 3.80. The van der Waals surface area contributed by atoms with Crippen molar-refractivity contribution in [3.8, 4) is 0 Å². The molecule has 0 radical (unpaired) electrons. The van der Waals surface area contributed by atoms with Crippen LogP contribution in [0.15, 0.2) is 0 Å². The van der Waals surface area contributed by atoms with Crippen LogP contribution < -0.4 is 0 Å². The van der Waals surface area contributed by atoms with Crippen molar-refractivity contribution in [1.29, 1.82) is 0 Å². The molecule has 0 fully saturated rings. The van der Waals surface area contributed by atoms with E-state index < -0.39 is 24.6 Å². The maximum Gasteiger partial charge on any atom is 0.160 e. The Hall–Kier alpha value is -0.200. The average Bonchev–Trinajstić information content (AvgIpc) is 2.28. The van der Waals surface area contributed by atoms with E-state index in [4.69, 9.17) is 14.2 Å². The number of rotatable bonds is 10. The van der Waals surface area contributed by atoms with Gasteiger partial charge in [-0.05, 0) is 27.7 Å². The summed E-state index contributed by atoms with van der Waals surface area (Å²) in [5, 5.41) is 19.2. The lowest BCUT2D eigenvalue weighted by atomic mass is 10.1. The number of ether oxygens (including phenoxy) is 3. The van der Waals surface area contributed by atoms with Gasteiger partial charge in [0.25, 0.3) is 0 Å². The molecule has 104 valence electrons. The lowest BCUT2D eigenvalue weighted by molar-refractivity contribution is -0.175. The first-order valence-electron chi connectivity index (χ1n) is 6.27. The molecule has 0 bridgehead atoms. The Bertz CT molecular complexity index is 168. The van der Waals surface area contributed by atoms with Crippen LogP contribution in [-0.2, 0) is 14.2 Å². The van der Waals surface area contributed by atoms with Crippen molar-refractivity contribution in [2.24, 2.45) is 0 Å². The number of hydrogen-bond acceptors (Lipinski definition) is 5. The van der Waals surface area contributed by atoms with Gasteiger partial charge >= 0.3 is 0 Å². The van der Waals surface area contributed by atoms with Gasteiger partial charge in [-0.25, -0.2) is 0 Å². The standard InChI is InChI=1S/C12H26O5/c1-5-15-10(12(14)9(4)13)8-11(16-6-2)17-7-3/h9-14H,5-8H2,1-4H3. The minimum absolute atomic E-state index is 0.404. The van der Waals surface area contributed by atoms with Gasteiger partial charge in [-0.3, -0.25) is 0 Å². The molecule has 0 spiro atoms. The molecule has 0 aliphatic carbocycles. The molecular weight excluding hydrogens is 224 g/mol. The Labute approximate surface area is 104 Å². The minimum atomic E-state index is -0.932. The summed E-state index contributed by atoms with van der Waals surface area (Å²) < 4.78 is 16.2. The van der Waals surface area contributed by atoms with Gasteiger partial charge in [0.05, 0.1) is 12.2 Å². The zero-order valence-corrected chi connectivity index (χ0v) is 11.3. The third-order valence-electron chi connectivity index (χ3n) is 2.39. The monoisotopic (exact) mass is 250 g/mol. The van der Waals surface area contributed by atoms with Crippen molar-refractivity contribution in [3.05, 3.63) is 0 Å². The van der Waals surface area contributed by atoms with Crippen LogP contribution in [0.3, 0.4) is 0 Å². The SMILES string of the molecule is CCOC(CC(OCC)C(O)C(C)O)OCC. The molecular formula is C12H26O5. The summed E-state index contributed by atoms with van der Waals surface area (Å²) in [4.78, 5) is 0. The second kappa shape index (κ2) is 9.79. The largest absolute Gasteiger partial charge is 0.391 e. The second-order valence-corrected chi connectivity index (χ2v) is 3.80. The third-order valence-corrected chi connectivity index (χ3v) is 2.39. The fourth-order valence-corrected chi connectivity index (χ4v) is 1.58. The van der Waals surface area contributed by atoms with Gasteiger partial charge in [-0.1, -0.05) is 0 Å². The Morgan fingerprint density at radius 1 is 0.882 bits per heavy atom. The van der Waals surface area contributed by atoms with E-state index in [1.165, 1.54) is 6.92 Å². The molecule has 0 rings (SSSR count). The predicted molar refractivity (Wildman–Crippen MR) is 64.8 cm³/mol. The summed E-state index contributed by atoms with van der Waals surface area (Å²) in [5.74, 6) is 0. The number of aliphatic hydroxyl groups excluding tert-OH is 2. The molecule has 0 aromatic heterocycles. The number of hydrogen-bond donors (Lipinski definition) is 2. The van der Waals surface area contributed by atoms with E-state index in [0.717, 1.165) is 0 Å². The summed E-state index contributed by atoms with van der Waals surface area (Å²) >= 11 is 0. The molecule has 0 saturated heterocycles. The molecule has 0 saturated carbocycles. The summed E-state index contributed by atoms with van der Waals surface area (Å²) in [5.41, 5.74) is 0. The van der Waals surface area contributed by atoms with Gasteiger partial charge in [0.1, 0.15) is 6.10 Å². The maximum atomic E-state index is 9.82. The maximum absolute atomic E-state index is 9.82. The lowest BCUT2D eigenvalue weighted by Gasteiger charge is -2.28. The topological polar surface area (TPSA) is 68.2 Å². The molecule has 5 nitrogen and oxygen atoms in total. The highest BCUT2D eigenvalue weighted by Gasteiger charge is 2.27. The van der Waals surface area contributed by atoms with Crippen LogP contribution in [-0.4, -0.2) is 54.6 Å². The van der Waals surface area contributed by atoms with E-state index in [1.54, 1.807) is 0 Å². The normalized spacial score (nSPS) is 17.1. The average molecular weight is 250 g/mol. The Morgan fingerprint density at radius 2 is 1.35 bits per heavy atom. The zero-order chi connectivity index (χ0) is 13.3. The number of aliphatic hydroxyl groups is 2. The van der Waals surface area contributed by atoms with E-state index in [0.29, 0.717) is 26.2 Å². The summed E-state index contributed by atoms with van der Waals surface area (Å²) in [6.07, 6.45) is -2.26. The highest BCUT2D eigenvalue weighted by molar-refractivity contribution is 4.75. The lowest BCUT2D eigenvalue weighted by Crippen LogP contribution is -2.40. The van der Waals surface area contributed by atoms with Crippen LogP contribution in [0.4, 0.5) is 0 Å². The van der Waals surface area contributed by atoms with Crippen LogP contribution in [0.1, 0.15) is 34.1 Å². The van der Waals surface area contributed by atoms with Gasteiger partial charge in [0, 0.05) is 26.2 Å². The molecule has 0 aliphatic heterocycles. The molecule has 0 aromatic carbocycles. The summed E-state index contributed by atoms with van der Waals surface area (Å²) in [7, 11) is 0. The van der Waals surface area contributed by atoms with Crippen molar-refractivity contribution < 1.29 is 24.4 Å². The third kappa shape index (κ3) is 6.95. The van der Waals surface area contributed by atoms with Gasteiger partial charge < -0.3 is 24.4 Å². The first kappa shape index (κ1) is 16.8. The molecule has 3 atom stereocenters. The summed E-state index contributed by atoms with van der Waals surface area (Å²) in [6.45, 7) is 8.69. The Morgan fingerprint density at radius 3 is 1.71 bits per heavy atom. The van der Waals surface area contributed by atoms with Crippen molar-refractivity contribution in [2.75, 3.05) is 19.8 Å². The molecule has 3 unspecified atom stereocenters. The van der Waals surface area contributed by atoms with E-state index in [-0.39, 0.29) is 0 Å². The fraction of sp³-hybridized carbons (Fsp3) is 1.00. The van der Waals surface area contributed by atoms with E-state index in [1.807, 2.05) is 20.8 Å². The highest BCUT2D eigenvalue weighted by Crippen LogP contribution is 2.14. The van der Waals surface area contributed by atoms with Crippen molar-refractivity contribution in [2.45, 2.75) is 58.7 Å². The fourth-order valence-electron chi connectivity index (χ4n) is 1.58. The van der Waals surface area contributed by atoms with Crippen molar-refractivity contribution >= 4 is 0 Å². The van der Waals surface area contributed by atoms with Crippen molar-refractivity contribution in [3.63, 3.8) is 0 Å². The van der Waals surface area contributed by atoms with Crippen LogP contribution in [0.5, 0.6) is 0 Å². The first-order chi connectivity index (χ1) is 8.06. The predicted octanol–water partition coefficient (Wildman–Crippen LogP) is 0.922. The molecule has 17 heavy (non-hydrogen) atoms. The van der Waals surface area contributed by atoms with Crippen molar-refractivity contribution in [1.82, 2.24) is 0 Å². The van der Waals surface area contributed by atoms with E-state index in [2.05, 4.69) is 0 Å². The van der Waals surface area contributed by atoms with Gasteiger partial charge in [0.2, 0.25) is 0 Å². The van der Waals surface area contributed by atoms with Crippen LogP contribution in [0.25, 0.3) is 0 Å². The summed E-state index contributed by atoms with van der Waals surface area (Å²) in [6, 6.07) is 0. The molecule has 0 aromatic rings. The van der Waals surface area contributed by atoms with Crippen LogP contribution in [0, 0.1) is 0 Å². The van der Waals surface area contributed by atoms with Gasteiger partial charge in [-0.15, -0.1) is 0 Å². The van der Waals surface area contributed by atoms with E-state index >= 15 is 0 Å². The quantitative estimate of drug-likeness (QED) is 0.564. The molecule has 0 aliphatic rings. The zero-order valence-electron chi connectivity index (χ0n) is 11.3.